The van der Waals surface area contributed by atoms with Gasteiger partial charge in [-0.2, -0.15) is 0 Å². The van der Waals surface area contributed by atoms with Gasteiger partial charge in [-0.05, 0) is 39.0 Å². The molecular formula is C21H42. The normalized spacial score (nSPS) is 9.38. The minimum absolute atomic E-state index is 1.15. The van der Waals surface area contributed by atoms with Crippen molar-refractivity contribution in [3.05, 3.63) is 37.0 Å². The maximum absolute atomic E-state index is 3.86. The van der Waals surface area contributed by atoms with Gasteiger partial charge in [-0.25, -0.2) is 0 Å². The van der Waals surface area contributed by atoms with E-state index in [1.54, 1.807) is 0 Å². The van der Waals surface area contributed by atoms with Gasteiger partial charge in [0.2, 0.25) is 0 Å². The van der Waals surface area contributed by atoms with Gasteiger partial charge in [0.1, 0.15) is 0 Å². The zero-order valence-electron chi connectivity index (χ0n) is 15.7. The Hall–Kier alpha value is -0.780. The third-order valence-corrected chi connectivity index (χ3v) is 3.08. The second-order valence-electron chi connectivity index (χ2n) is 5.35. The second-order valence-corrected chi connectivity index (χ2v) is 5.35. The first-order valence-electron chi connectivity index (χ1n) is 9.02. The molecule has 126 valence electrons. The molecule has 0 atom stereocenters. The lowest BCUT2D eigenvalue weighted by Gasteiger charge is -1.94. The lowest BCUT2D eigenvalue weighted by atomic mass is 10.1. The Morgan fingerprint density at radius 3 is 1.81 bits per heavy atom. The van der Waals surface area contributed by atoms with E-state index in [2.05, 4.69) is 59.9 Å². The van der Waals surface area contributed by atoms with E-state index < -0.39 is 0 Å². The number of hydrogen-bond acceptors (Lipinski definition) is 0. The van der Waals surface area contributed by atoms with Crippen LogP contribution in [0.2, 0.25) is 0 Å². The van der Waals surface area contributed by atoms with Crippen LogP contribution in [0.4, 0.5) is 0 Å². The molecule has 0 aliphatic rings. The molecule has 0 aromatic rings. The molecule has 0 aromatic carbocycles. The van der Waals surface area contributed by atoms with Crippen LogP contribution in [0.1, 0.15) is 98.8 Å². The number of rotatable bonds is 10. The Morgan fingerprint density at radius 1 is 0.857 bits per heavy atom. The predicted molar refractivity (Wildman–Crippen MR) is 103 cm³/mol. The van der Waals surface area contributed by atoms with E-state index in [1.165, 1.54) is 63.4 Å². The third kappa shape index (κ3) is 38.2. The Kier molecular flexibility index (Phi) is 33.0. The average molecular weight is 295 g/mol. The first kappa shape index (κ1) is 25.2. The highest BCUT2D eigenvalue weighted by molar-refractivity contribution is 4.91. The highest BCUT2D eigenvalue weighted by Crippen LogP contribution is 2.03. The summed E-state index contributed by atoms with van der Waals surface area (Å²) < 4.78 is 0. The van der Waals surface area contributed by atoms with Crippen molar-refractivity contribution in [2.75, 3.05) is 0 Å². The molecular weight excluding hydrogens is 252 g/mol. The first-order valence-corrected chi connectivity index (χ1v) is 9.02. The van der Waals surface area contributed by atoms with Crippen LogP contribution in [0.3, 0.4) is 0 Å². The van der Waals surface area contributed by atoms with Gasteiger partial charge < -0.3 is 0 Å². The SMILES string of the molecule is C=C(CC)CCC.C=CCCCCC.CC=CCCCC. The molecule has 21 heavy (non-hydrogen) atoms. The maximum atomic E-state index is 3.86. The Balaban J connectivity index is -0.000000231. The van der Waals surface area contributed by atoms with E-state index in [1.807, 2.05) is 6.08 Å². The van der Waals surface area contributed by atoms with Crippen molar-refractivity contribution in [3.63, 3.8) is 0 Å². The molecule has 0 amide bonds. The fraction of sp³-hybridized carbons (Fsp3) is 0.714. The highest BCUT2D eigenvalue weighted by Gasteiger charge is 1.83. The zero-order valence-corrected chi connectivity index (χ0v) is 15.7. The van der Waals surface area contributed by atoms with Crippen molar-refractivity contribution >= 4 is 0 Å². The van der Waals surface area contributed by atoms with E-state index in [4.69, 9.17) is 0 Å². The minimum Gasteiger partial charge on any atom is -0.103 e. The molecule has 0 nitrogen and oxygen atoms in total. The molecule has 0 rings (SSSR count). The van der Waals surface area contributed by atoms with Crippen LogP contribution in [0.25, 0.3) is 0 Å². The summed E-state index contributed by atoms with van der Waals surface area (Å²) in [5.41, 5.74) is 1.38. The number of unbranched alkanes of at least 4 members (excludes halogenated alkanes) is 5. The molecule has 0 aliphatic carbocycles. The Morgan fingerprint density at radius 2 is 1.48 bits per heavy atom. The van der Waals surface area contributed by atoms with Gasteiger partial charge in [-0.15, -0.1) is 6.58 Å². The molecule has 0 spiro atoms. The van der Waals surface area contributed by atoms with Crippen LogP contribution in [0.15, 0.2) is 37.0 Å². The van der Waals surface area contributed by atoms with Gasteiger partial charge in [-0.1, -0.05) is 90.2 Å². The third-order valence-electron chi connectivity index (χ3n) is 3.08. The summed E-state index contributed by atoms with van der Waals surface area (Å²) in [6.07, 6.45) is 19.0. The molecule has 0 fully saturated rings. The van der Waals surface area contributed by atoms with Crippen molar-refractivity contribution in [1.29, 1.82) is 0 Å². The first-order chi connectivity index (χ1) is 10.1. The van der Waals surface area contributed by atoms with Crippen LogP contribution in [0, 0.1) is 0 Å². The summed E-state index contributed by atoms with van der Waals surface area (Å²) in [4.78, 5) is 0. The Labute approximate surface area is 136 Å². The van der Waals surface area contributed by atoms with Gasteiger partial charge in [0.15, 0.2) is 0 Å². The summed E-state index contributed by atoms with van der Waals surface area (Å²) in [5.74, 6) is 0. The molecule has 0 heteroatoms. The number of hydrogen-bond donors (Lipinski definition) is 0. The summed E-state index contributed by atoms with van der Waals surface area (Å²) in [6, 6.07) is 0. The largest absolute Gasteiger partial charge is 0.103 e. The van der Waals surface area contributed by atoms with Crippen molar-refractivity contribution in [1.82, 2.24) is 0 Å². The molecule has 0 bridgehead atoms. The van der Waals surface area contributed by atoms with Gasteiger partial charge in [0.25, 0.3) is 0 Å². The Bertz CT molecular complexity index is 210. The molecule has 0 unspecified atom stereocenters. The fourth-order valence-corrected chi connectivity index (χ4v) is 1.56. The standard InChI is InChI=1S/3C7H14/c1-4-6-7(3)5-2;2*1-3-5-7-6-4-2/h3-6H2,1-2H3;3,5H,4,6-7H2,1-2H3;3H,1,4-7H2,2H3. The van der Waals surface area contributed by atoms with Crippen LogP contribution < -0.4 is 0 Å². The second kappa shape index (κ2) is 27.5. The van der Waals surface area contributed by atoms with E-state index in [9.17, 15) is 0 Å². The van der Waals surface area contributed by atoms with Crippen molar-refractivity contribution in [3.8, 4) is 0 Å². The zero-order chi connectivity index (χ0) is 16.8. The highest BCUT2D eigenvalue weighted by atomic mass is 13.9. The fourth-order valence-electron chi connectivity index (χ4n) is 1.56. The predicted octanol–water partition coefficient (Wildman–Crippen LogP) is 8.26. The lowest BCUT2D eigenvalue weighted by molar-refractivity contribution is 0.730. The van der Waals surface area contributed by atoms with E-state index in [0.29, 0.717) is 0 Å². The van der Waals surface area contributed by atoms with Crippen LogP contribution in [-0.4, -0.2) is 0 Å². The monoisotopic (exact) mass is 294 g/mol. The van der Waals surface area contributed by atoms with E-state index in [-0.39, 0.29) is 0 Å². The molecule has 0 saturated heterocycles. The lowest BCUT2D eigenvalue weighted by Crippen LogP contribution is -1.73. The van der Waals surface area contributed by atoms with Gasteiger partial charge in [-0.3, -0.25) is 0 Å². The summed E-state index contributed by atoms with van der Waals surface area (Å²) in [6.45, 7) is 18.3. The quantitative estimate of drug-likeness (QED) is 0.281. The summed E-state index contributed by atoms with van der Waals surface area (Å²) in [5, 5.41) is 0. The van der Waals surface area contributed by atoms with Gasteiger partial charge >= 0.3 is 0 Å². The topological polar surface area (TPSA) is 0 Å². The van der Waals surface area contributed by atoms with E-state index in [0.717, 1.165) is 6.42 Å². The van der Waals surface area contributed by atoms with Crippen molar-refractivity contribution < 1.29 is 0 Å². The van der Waals surface area contributed by atoms with Crippen molar-refractivity contribution in [2.45, 2.75) is 98.8 Å². The minimum atomic E-state index is 1.15. The molecule has 0 radical (unpaired) electrons. The molecule has 0 saturated carbocycles. The molecule has 0 aliphatic heterocycles. The molecule has 0 aromatic heterocycles. The maximum Gasteiger partial charge on any atom is -0.0326 e. The van der Waals surface area contributed by atoms with Crippen LogP contribution in [-0.2, 0) is 0 Å². The van der Waals surface area contributed by atoms with Gasteiger partial charge in [0.05, 0.1) is 0 Å². The number of allylic oxidation sites excluding steroid dienone is 4. The van der Waals surface area contributed by atoms with Crippen LogP contribution >= 0.6 is 0 Å². The van der Waals surface area contributed by atoms with Crippen LogP contribution in [0.5, 0.6) is 0 Å². The van der Waals surface area contributed by atoms with Crippen molar-refractivity contribution in [2.24, 2.45) is 0 Å². The molecule has 0 N–H and O–H groups in total. The molecule has 0 heterocycles. The smallest absolute Gasteiger partial charge is 0.0326 e. The van der Waals surface area contributed by atoms with Gasteiger partial charge in [0, 0.05) is 0 Å². The summed E-state index contributed by atoms with van der Waals surface area (Å²) in [7, 11) is 0. The summed E-state index contributed by atoms with van der Waals surface area (Å²) >= 11 is 0. The van der Waals surface area contributed by atoms with E-state index >= 15 is 0 Å². The average Bonchev–Trinajstić information content (AvgIpc) is 2.50.